The van der Waals surface area contributed by atoms with E-state index in [4.69, 9.17) is 0 Å². The minimum Gasteiger partial charge on any atom is -0.353 e. The summed E-state index contributed by atoms with van der Waals surface area (Å²) in [5, 5.41) is 0. The van der Waals surface area contributed by atoms with Crippen molar-refractivity contribution in [2.75, 3.05) is 6.54 Å². The summed E-state index contributed by atoms with van der Waals surface area (Å²) in [6.45, 7) is 5.50. The zero-order valence-electron chi connectivity index (χ0n) is 21.7. The summed E-state index contributed by atoms with van der Waals surface area (Å²) >= 11 is 0. The number of amides is 2. The molecule has 0 radical (unpaired) electrons. The standard InChI is InChI=1S/C30H41N3O2/c1-4-22(2)33(29(35)30-16-24-13-25(17-30)15-26(14-24)18-30)21-28(34)32(19-23-9-6-5-7-10-23)20-27-11-8-12-31(27)3/h5-12,22,24-26H,4,13-21H2,1-3H3. The first-order valence-electron chi connectivity index (χ1n) is 13.6. The van der Waals surface area contributed by atoms with Gasteiger partial charge in [-0.2, -0.15) is 0 Å². The number of aryl methyl sites for hydroxylation is 1. The average molecular weight is 476 g/mol. The second-order valence-corrected chi connectivity index (χ2v) is 11.7. The van der Waals surface area contributed by atoms with Crippen molar-refractivity contribution in [2.45, 2.75) is 77.9 Å². The number of carbonyl (C=O) groups is 2. The molecule has 5 heteroatoms. The zero-order chi connectivity index (χ0) is 24.6. The average Bonchev–Trinajstić information content (AvgIpc) is 3.25. The van der Waals surface area contributed by atoms with Crippen LogP contribution >= 0.6 is 0 Å². The Morgan fingerprint density at radius 3 is 2.14 bits per heavy atom. The molecule has 4 saturated carbocycles. The number of rotatable bonds is 9. The molecule has 6 rings (SSSR count). The second kappa shape index (κ2) is 9.83. The van der Waals surface area contributed by atoms with E-state index >= 15 is 0 Å². The minimum atomic E-state index is -0.221. The molecule has 0 aliphatic heterocycles. The van der Waals surface area contributed by atoms with Crippen molar-refractivity contribution >= 4 is 11.8 Å². The predicted octanol–water partition coefficient (Wildman–Crippen LogP) is 5.40. The van der Waals surface area contributed by atoms with Crippen LogP contribution in [0.1, 0.15) is 70.1 Å². The van der Waals surface area contributed by atoms with Crippen LogP contribution in [-0.4, -0.2) is 38.8 Å². The Balaban J connectivity index is 1.37. The van der Waals surface area contributed by atoms with Crippen LogP contribution in [0.2, 0.25) is 0 Å². The molecule has 1 unspecified atom stereocenters. The van der Waals surface area contributed by atoms with E-state index < -0.39 is 0 Å². The highest BCUT2D eigenvalue weighted by molar-refractivity contribution is 5.88. The Labute approximate surface area is 210 Å². The summed E-state index contributed by atoms with van der Waals surface area (Å²) < 4.78 is 2.07. The SMILES string of the molecule is CCC(C)N(CC(=O)N(Cc1ccccc1)Cc1cccn1C)C(=O)C12CC3CC(CC(C3)C1)C2. The molecule has 188 valence electrons. The molecule has 1 aromatic heterocycles. The Kier molecular flexibility index (Phi) is 6.78. The van der Waals surface area contributed by atoms with E-state index in [2.05, 4.69) is 36.6 Å². The van der Waals surface area contributed by atoms with Gasteiger partial charge in [-0.25, -0.2) is 0 Å². The summed E-state index contributed by atoms with van der Waals surface area (Å²) in [6.07, 6.45) is 9.94. The van der Waals surface area contributed by atoms with E-state index in [-0.39, 0.29) is 29.8 Å². The molecular formula is C30H41N3O2. The Hall–Kier alpha value is -2.56. The van der Waals surface area contributed by atoms with Crippen LogP contribution in [0.4, 0.5) is 0 Å². The van der Waals surface area contributed by atoms with Crippen molar-refractivity contribution in [1.82, 2.24) is 14.4 Å². The lowest BCUT2D eigenvalue weighted by Crippen LogP contribution is -2.57. The molecule has 4 bridgehead atoms. The van der Waals surface area contributed by atoms with Gasteiger partial charge in [0.05, 0.1) is 12.0 Å². The fraction of sp³-hybridized carbons (Fsp3) is 0.600. The molecule has 4 aliphatic carbocycles. The third-order valence-corrected chi connectivity index (χ3v) is 9.15. The van der Waals surface area contributed by atoms with E-state index in [1.54, 1.807) is 0 Å². The van der Waals surface area contributed by atoms with Gasteiger partial charge in [0.15, 0.2) is 0 Å². The van der Waals surface area contributed by atoms with Crippen molar-refractivity contribution in [1.29, 1.82) is 0 Å². The van der Waals surface area contributed by atoms with Gasteiger partial charge in [-0.05, 0) is 87.3 Å². The van der Waals surface area contributed by atoms with E-state index in [1.165, 1.54) is 19.3 Å². The largest absolute Gasteiger partial charge is 0.353 e. The van der Waals surface area contributed by atoms with E-state index in [9.17, 15) is 9.59 Å². The van der Waals surface area contributed by atoms with Crippen molar-refractivity contribution in [2.24, 2.45) is 30.2 Å². The maximum atomic E-state index is 14.2. The molecule has 2 aromatic rings. The smallest absolute Gasteiger partial charge is 0.242 e. The Bertz CT molecular complexity index is 1010. The second-order valence-electron chi connectivity index (χ2n) is 11.7. The molecule has 1 aromatic carbocycles. The number of nitrogens with zero attached hydrogens (tertiary/aromatic N) is 3. The van der Waals surface area contributed by atoms with Crippen LogP contribution in [0.5, 0.6) is 0 Å². The topological polar surface area (TPSA) is 45.6 Å². The predicted molar refractivity (Wildman–Crippen MR) is 138 cm³/mol. The normalized spacial score (nSPS) is 27.6. The van der Waals surface area contributed by atoms with E-state index in [1.807, 2.05) is 47.3 Å². The number of benzene rings is 1. The van der Waals surface area contributed by atoms with E-state index in [0.717, 1.165) is 36.9 Å². The van der Waals surface area contributed by atoms with Crippen molar-refractivity contribution in [3.63, 3.8) is 0 Å². The van der Waals surface area contributed by atoms with Crippen LogP contribution < -0.4 is 0 Å². The first kappa shape index (κ1) is 24.1. The van der Waals surface area contributed by atoms with Gasteiger partial charge >= 0.3 is 0 Å². The summed E-state index contributed by atoms with van der Waals surface area (Å²) in [5.74, 6) is 2.44. The minimum absolute atomic E-state index is 0.0356. The lowest BCUT2D eigenvalue weighted by atomic mass is 9.49. The summed E-state index contributed by atoms with van der Waals surface area (Å²) in [5.41, 5.74) is 1.98. The van der Waals surface area contributed by atoms with Crippen molar-refractivity contribution in [3.05, 3.63) is 59.9 Å². The highest BCUT2D eigenvalue weighted by Gasteiger charge is 2.56. The monoisotopic (exact) mass is 475 g/mol. The van der Waals surface area contributed by atoms with Crippen LogP contribution in [0.25, 0.3) is 0 Å². The first-order valence-corrected chi connectivity index (χ1v) is 13.6. The molecule has 1 heterocycles. The van der Waals surface area contributed by atoms with Gasteiger partial charge in [0.2, 0.25) is 11.8 Å². The van der Waals surface area contributed by atoms with Crippen LogP contribution in [0, 0.1) is 23.2 Å². The molecule has 4 aliphatic rings. The lowest BCUT2D eigenvalue weighted by molar-refractivity contribution is -0.162. The van der Waals surface area contributed by atoms with Gasteiger partial charge in [-0.15, -0.1) is 0 Å². The van der Waals surface area contributed by atoms with Crippen molar-refractivity contribution < 1.29 is 9.59 Å². The fourth-order valence-corrected chi connectivity index (χ4v) is 7.46. The quantitative estimate of drug-likeness (QED) is 0.488. The third-order valence-electron chi connectivity index (χ3n) is 9.15. The summed E-state index contributed by atoms with van der Waals surface area (Å²) in [6, 6.07) is 14.3. The molecule has 2 amide bonds. The molecule has 0 saturated heterocycles. The highest BCUT2D eigenvalue weighted by atomic mass is 16.2. The van der Waals surface area contributed by atoms with Crippen LogP contribution in [-0.2, 0) is 29.7 Å². The summed E-state index contributed by atoms with van der Waals surface area (Å²) in [4.78, 5) is 32.0. The number of aromatic nitrogens is 1. The molecule has 1 atom stereocenters. The number of hydrogen-bond donors (Lipinski definition) is 0. The first-order chi connectivity index (χ1) is 16.9. The molecule has 0 N–H and O–H groups in total. The van der Waals surface area contributed by atoms with Gasteiger partial charge in [0.25, 0.3) is 0 Å². The van der Waals surface area contributed by atoms with Gasteiger partial charge in [-0.1, -0.05) is 37.3 Å². The van der Waals surface area contributed by atoms with Gasteiger partial charge in [-0.3, -0.25) is 9.59 Å². The summed E-state index contributed by atoms with van der Waals surface area (Å²) in [7, 11) is 2.02. The van der Waals surface area contributed by atoms with Gasteiger partial charge in [0.1, 0.15) is 6.54 Å². The Morgan fingerprint density at radius 2 is 1.60 bits per heavy atom. The number of hydrogen-bond acceptors (Lipinski definition) is 2. The Morgan fingerprint density at radius 1 is 0.971 bits per heavy atom. The molecular weight excluding hydrogens is 434 g/mol. The molecule has 35 heavy (non-hydrogen) atoms. The highest BCUT2D eigenvalue weighted by Crippen LogP contribution is 2.60. The molecule has 4 fully saturated rings. The lowest BCUT2D eigenvalue weighted by Gasteiger charge is -2.57. The molecule has 0 spiro atoms. The third kappa shape index (κ3) is 4.92. The fourth-order valence-electron chi connectivity index (χ4n) is 7.46. The molecule has 5 nitrogen and oxygen atoms in total. The van der Waals surface area contributed by atoms with Gasteiger partial charge < -0.3 is 14.4 Å². The maximum Gasteiger partial charge on any atom is 0.242 e. The maximum absolute atomic E-state index is 14.2. The van der Waals surface area contributed by atoms with E-state index in [0.29, 0.717) is 30.8 Å². The zero-order valence-corrected chi connectivity index (χ0v) is 21.7. The van der Waals surface area contributed by atoms with Crippen molar-refractivity contribution in [3.8, 4) is 0 Å². The van der Waals surface area contributed by atoms with Crippen LogP contribution in [0.3, 0.4) is 0 Å². The van der Waals surface area contributed by atoms with Gasteiger partial charge in [0, 0.05) is 31.5 Å². The number of carbonyl (C=O) groups excluding carboxylic acids is 2. The van der Waals surface area contributed by atoms with Crippen LogP contribution in [0.15, 0.2) is 48.7 Å².